The third-order valence-electron chi connectivity index (χ3n) is 5.67. The molecule has 2 aliphatic heterocycles. The second kappa shape index (κ2) is 6.87. The number of Topliss-reactive ketones (excluding diaryl/α,β-unsaturated/α-hetero) is 1. The van der Waals surface area contributed by atoms with Crippen molar-refractivity contribution in [2.45, 2.75) is 77.5 Å². The number of rotatable bonds is 2. The fourth-order valence-electron chi connectivity index (χ4n) is 4.57. The number of hydrogen-bond donors (Lipinski definition) is 0. The molecule has 2 bridgehead atoms. The normalized spacial score (nSPS) is 25.0. The average Bonchev–Trinajstić information content (AvgIpc) is 2.97. The van der Waals surface area contributed by atoms with Crippen molar-refractivity contribution in [2.24, 2.45) is 5.92 Å². The minimum Gasteiger partial charge on any atom is -0.444 e. The molecule has 2 unspecified atom stereocenters. The van der Waals surface area contributed by atoms with E-state index in [1.165, 1.54) is 0 Å². The Morgan fingerprint density at radius 3 is 2.50 bits per heavy atom. The number of carbonyl (C=O) groups is 2. The van der Waals surface area contributed by atoms with Crippen LogP contribution in [-0.4, -0.2) is 49.1 Å². The van der Waals surface area contributed by atoms with Crippen LogP contribution in [0.25, 0.3) is 5.65 Å². The lowest BCUT2D eigenvalue weighted by molar-refractivity contribution is -0.0260. The lowest BCUT2D eigenvalue weighted by atomic mass is 9.76. The topological polar surface area (TPSA) is 76.8 Å². The van der Waals surface area contributed by atoms with Crippen LogP contribution in [0.1, 0.15) is 68.9 Å². The molecule has 1 amide bonds. The fourth-order valence-corrected chi connectivity index (χ4v) is 4.57. The monoisotopic (exact) mass is 384 g/mol. The number of fused-ring (bicyclic) bond motifs is 3. The molecule has 28 heavy (non-hydrogen) atoms. The van der Waals surface area contributed by atoms with Gasteiger partial charge in [-0.1, -0.05) is 0 Å². The van der Waals surface area contributed by atoms with E-state index in [0.717, 1.165) is 30.6 Å². The lowest BCUT2D eigenvalue weighted by Crippen LogP contribution is -2.56. The van der Waals surface area contributed by atoms with Gasteiger partial charge in [-0.3, -0.25) is 4.79 Å². The van der Waals surface area contributed by atoms with E-state index in [-0.39, 0.29) is 29.9 Å². The molecule has 4 heterocycles. The summed E-state index contributed by atoms with van der Waals surface area (Å²) in [5, 5.41) is 4.36. The van der Waals surface area contributed by atoms with Gasteiger partial charge in [-0.15, -0.1) is 0 Å². The van der Waals surface area contributed by atoms with Gasteiger partial charge in [0.15, 0.2) is 11.4 Å². The maximum atomic E-state index is 13.2. The Labute approximate surface area is 165 Å². The quantitative estimate of drug-likeness (QED) is 0.736. The Kier molecular flexibility index (Phi) is 4.63. The maximum absolute atomic E-state index is 13.2. The van der Waals surface area contributed by atoms with E-state index < -0.39 is 5.60 Å². The van der Waals surface area contributed by atoms with Crippen molar-refractivity contribution >= 4 is 17.5 Å². The van der Waals surface area contributed by atoms with Gasteiger partial charge in [-0.2, -0.15) is 5.10 Å². The van der Waals surface area contributed by atoms with Crippen LogP contribution >= 0.6 is 0 Å². The molecule has 2 aliphatic rings. The van der Waals surface area contributed by atoms with Crippen LogP contribution in [0, 0.1) is 12.8 Å². The number of nitrogens with zero attached hydrogens (tertiary/aromatic N) is 4. The molecule has 4 rings (SSSR count). The summed E-state index contributed by atoms with van der Waals surface area (Å²) in [6, 6.07) is 2.03. The van der Waals surface area contributed by atoms with E-state index in [0.29, 0.717) is 18.4 Å². The Morgan fingerprint density at radius 2 is 1.86 bits per heavy atom. The van der Waals surface area contributed by atoms with Crippen LogP contribution in [0.2, 0.25) is 0 Å². The third-order valence-corrected chi connectivity index (χ3v) is 5.67. The van der Waals surface area contributed by atoms with E-state index in [2.05, 4.69) is 10.1 Å². The Bertz CT molecular complexity index is 900. The zero-order valence-corrected chi connectivity index (χ0v) is 17.0. The maximum Gasteiger partial charge on any atom is 0.410 e. The second-order valence-corrected chi connectivity index (χ2v) is 9.09. The van der Waals surface area contributed by atoms with Crippen LogP contribution in [-0.2, 0) is 4.74 Å². The smallest absolute Gasteiger partial charge is 0.410 e. The molecule has 0 saturated carbocycles. The molecule has 2 aromatic heterocycles. The standard InChI is InChI=1S/C21H28N4O3/c1-13-8-18-22-11-15(12-24(18)23-13)19(26)14-9-16-6-5-7-17(10-14)25(16)20(27)28-21(2,3)4/h8,11-12,14,16-17H,5-7,9-10H2,1-4H3. The molecule has 0 aliphatic carbocycles. The number of ketones is 1. The second-order valence-electron chi connectivity index (χ2n) is 9.09. The molecule has 0 N–H and O–H groups in total. The Hall–Kier alpha value is -2.44. The van der Waals surface area contributed by atoms with E-state index in [1.807, 2.05) is 38.7 Å². The van der Waals surface area contributed by atoms with Gasteiger partial charge in [0.05, 0.1) is 11.3 Å². The summed E-state index contributed by atoms with van der Waals surface area (Å²) in [7, 11) is 0. The van der Waals surface area contributed by atoms with Gasteiger partial charge < -0.3 is 9.64 Å². The number of aromatic nitrogens is 3. The van der Waals surface area contributed by atoms with Gasteiger partial charge >= 0.3 is 6.09 Å². The van der Waals surface area contributed by atoms with Crippen molar-refractivity contribution in [1.82, 2.24) is 19.5 Å². The van der Waals surface area contributed by atoms with Crippen molar-refractivity contribution in [1.29, 1.82) is 0 Å². The van der Waals surface area contributed by atoms with Gasteiger partial charge in [0, 0.05) is 36.5 Å². The molecule has 2 fully saturated rings. The van der Waals surface area contributed by atoms with Gasteiger partial charge in [0.1, 0.15) is 5.60 Å². The first kappa shape index (κ1) is 18.9. The molecule has 2 saturated heterocycles. The fraction of sp³-hybridized carbons (Fsp3) is 0.619. The minimum absolute atomic E-state index is 0.0694. The van der Waals surface area contributed by atoms with Crippen LogP contribution < -0.4 is 0 Å². The molecule has 0 radical (unpaired) electrons. The average molecular weight is 384 g/mol. The summed E-state index contributed by atoms with van der Waals surface area (Å²) >= 11 is 0. The van der Waals surface area contributed by atoms with E-state index in [9.17, 15) is 9.59 Å². The summed E-state index contributed by atoms with van der Waals surface area (Å²) in [6.45, 7) is 7.56. The zero-order valence-electron chi connectivity index (χ0n) is 17.0. The van der Waals surface area contributed by atoms with Crippen LogP contribution in [0.3, 0.4) is 0 Å². The number of amides is 1. The van der Waals surface area contributed by atoms with Crippen LogP contribution in [0.4, 0.5) is 4.79 Å². The highest BCUT2D eigenvalue weighted by Gasteiger charge is 2.44. The highest BCUT2D eigenvalue weighted by Crippen LogP contribution is 2.39. The molecule has 7 nitrogen and oxygen atoms in total. The van der Waals surface area contributed by atoms with Gasteiger partial charge in [-0.25, -0.2) is 14.3 Å². The molecule has 0 aromatic carbocycles. The van der Waals surface area contributed by atoms with Gasteiger partial charge in [-0.05, 0) is 59.8 Å². The summed E-state index contributed by atoms with van der Waals surface area (Å²) in [6.07, 6.45) is 7.49. The highest BCUT2D eigenvalue weighted by molar-refractivity contribution is 5.97. The lowest BCUT2D eigenvalue weighted by Gasteiger charge is -2.48. The predicted octanol–water partition coefficient (Wildman–Crippen LogP) is 3.79. The Morgan fingerprint density at radius 1 is 1.18 bits per heavy atom. The molecular formula is C21H28N4O3. The summed E-state index contributed by atoms with van der Waals surface area (Å²) < 4.78 is 7.29. The predicted molar refractivity (Wildman–Crippen MR) is 104 cm³/mol. The van der Waals surface area contributed by atoms with E-state index in [4.69, 9.17) is 4.74 Å². The molecule has 7 heteroatoms. The van der Waals surface area contributed by atoms with Crippen LogP contribution in [0.15, 0.2) is 18.5 Å². The van der Waals surface area contributed by atoms with Crippen molar-refractivity contribution in [3.63, 3.8) is 0 Å². The Balaban J connectivity index is 1.52. The highest BCUT2D eigenvalue weighted by atomic mass is 16.6. The molecule has 2 atom stereocenters. The number of ether oxygens (including phenoxy) is 1. The van der Waals surface area contributed by atoms with Crippen molar-refractivity contribution in [3.8, 4) is 0 Å². The van der Waals surface area contributed by atoms with Crippen molar-refractivity contribution in [3.05, 3.63) is 29.7 Å². The van der Waals surface area contributed by atoms with Gasteiger partial charge in [0.25, 0.3) is 0 Å². The minimum atomic E-state index is -0.513. The number of hydrogen-bond acceptors (Lipinski definition) is 5. The molecule has 2 aromatic rings. The van der Waals surface area contributed by atoms with E-state index in [1.54, 1.807) is 16.9 Å². The van der Waals surface area contributed by atoms with Crippen LogP contribution in [0.5, 0.6) is 0 Å². The first-order chi connectivity index (χ1) is 13.2. The SMILES string of the molecule is Cc1cc2ncc(C(=O)C3CC4CCCC(C3)N4C(=O)OC(C)(C)C)cn2n1. The molecule has 0 spiro atoms. The van der Waals surface area contributed by atoms with Gasteiger partial charge in [0.2, 0.25) is 0 Å². The third kappa shape index (κ3) is 3.62. The summed E-state index contributed by atoms with van der Waals surface area (Å²) in [5.41, 5.74) is 1.69. The molecule has 150 valence electrons. The summed E-state index contributed by atoms with van der Waals surface area (Å²) in [5.74, 6) is 0.00758. The first-order valence-electron chi connectivity index (χ1n) is 10.1. The number of piperidine rings is 2. The van der Waals surface area contributed by atoms with E-state index >= 15 is 0 Å². The summed E-state index contributed by atoms with van der Waals surface area (Å²) in [4.78, 5) is 32.2. The number of carbonyl (C=O) groups excluding carboxylic acids is 2. The zero-order chi connectivity index (χ0) is 20.1. The molecular weight excluding hydrogens is 356 g/mol. The first-order valence-corrected chi connectivity index (χ1v) is 10.1. The van der Waals surface area contributed by atoms with Crippen molar-refractivity contribution < 1.29 is 14.3 Å². The van der Waals surface area contributed by atoms with Crippen molar-refractivity contribution in [2.75, 3.05) is 0 Å². The number of aryl methyl sites for hydroxylation is 1. The largest absolute Gasteiger partial charge is 0.444 e.